The predicted molar refractivity (Wildman–Crippen MR) is 70.7 cm³/mol. The third-order valence-corrected chi connectivity index (χ3v) is 3.73. The Balaban J connectivity index is 2.00. The van der Waals surface area contributed by atoms with Crippen LogP contribution in [0.2, 0.25) is 0 Å². The van der Waals surface area contributed by atoms with Crippen LogP contribution in [0.1, 0.15) is 16.8 Å². The van der Waals surface area contributed by atoms with Crippen molar-refractivity contribution in [1.29, 1.82) is 0 Å². The van der Waals surface area contributed by atoms with Crippen LogP contribution in [0.25, 0.3) is 10.9 Å². The molecule has 2 aromatic rings. The monoisotopic (exact) mass is 312 g/mol. The molecule has 1 saturated heterocycles. The van der Waals surface area contributed by atoms with Gasteiger partial charge in [-0.1, -0.05) is 0 Å². The van der Waals surface area contributed by atoms with Gasteiger partial charge in [0.2, 0.25) is 0 Å². The summed E-state index contributed by atoms with van der Waals surface area (Å²) in [5.41, 5.74) is 0.416. The Morgan fingerprint density at radius 3 is 2.77 bits per heavy atom. The Kier molecular flexibility index (Phi) is 3.12. The summed E-state index contributed by atoms with van der Waals surface area (Å²) in [5.74, 6) is -4.47. The number of Topliss-reactive ketones (excluding diaryl/α,β-unsaturated/α-hetero) is 1. The zero-order valence-corrected chi connectivity index (χ0v) is 11.1. The molecule has 22 heavy (non-hydrogen) atoms. The molecule has 116 valence electrons. The van der Waals surface area contributed by atoms with Crippen LogP contribution in [0.15, 0.2) is 24.4 Å². The smallest absolute Gasteiger partial charge is 0.408 e. The van der Waals surface area contributed by atoms with Gasteiger partial charge < -0.3 is 10.1 Å². The molecule has 1 unspecified atom stereocenters. The Bertz CT molecular complexity index is 772. The first kappa shape index (κ1) is 14.4. The second-order valence-electron chi connectivity index (χ2n) is 5.24. The lowest BCUT2D eigenvalue weighted by Gasteiger charge is -2.18. The highest BCUT2D eigenvalue weighted by Gasteiger charge is 2.50. The van der Waals surface area contributed by atoms with E-state index in [0.29, 0.717) is 15.8 Å². The van der Waals surface area contributed by atoms with E-state index in [2.05, 4.69) is 4.98 Å². The van der Waals surface area contributed by atoms with Gasteiger partial charge in [0.25, 0.3) is 5.92 Å². The average molecular weight is 312 g/mol. The topological polar surface area (TPSA) is 73.4 Å². The minimum absolute atomic E-state index is 0.0731. The second kappa shape index (κ2) is 4.75. The number of hydrogen-bond acceptors (Lipinski definition) is 2. The van der Waals surface area contributed by atoms with E-state index >= 15 is 0 Å². The van der Waals surface area contributed by atoms with Crippen molar-refractivity contribution >= 4 is 22.8 Å². The van der Waals surface area contributed by atoms with Crippen molar-refractivity contribution in [2.45, 2.75) is 18.4 Å². The molecule has 2 heterocycles. The van der Waals surface area contributed by atoms with Crippen LogP contribution in [0.3, 0.4) is 0 Å². The van der Waals surface area contributed by atoms with Crippen molar-refractivity contribution < 1.29 is 27.9 Å². The van der Waals surface area contributed by atoms with Crippen LogP contribution in [0, 0.1) is 5.82 Å². The normalized spacial score (nSPS) is 20.5. The van der Waals surface area contributed by atoms with Crippen LogP contribution >= 0.6 is 0 Å². The minimum Gasteiger partial charge on any atom is -0.465 e. The molecular weight excluding hydrogens is 301 g/mol. The van der Waals surface area contributed by atoms with E-state index in [1.54, 1.807) is 0 Å². The Hall–Kier alpha value is -2.51. The van der Waals surface area contributed by atoms with Crippen molar-refractivity contribution in [2.75, 3.05) is 6.54 Å². The molecule has 0 spiro atoms. The molecule has 1 aromatic heterocycles. The Morgan fingerprint density at radius 2 is 2.09 bits per heavy atom. The number of carbonyl (C=O) groups excluding carboxylic acids is 1. The number of aromatic amines is 1. The minimum atomic E-state index is -3.24. The highest BCUT2D eigenvalue weighted by molar-refractivity contribution is 6.11. The van der Waals surface area contributed by atoms with E-state index in [4.69, 9.17) is 5.11 Å². The molecule has 1 atom stereocenters. The van der Waals surface area contributed by atoms with Crippen LogP contribution in [0.4, 0.5) is 18.0 Å². The fourth-order valence-corrected chi connectivity index (χ4v) is 2.73. The highest BCUT2D eigenvalue weighted by Crippen LogP contribution is 2.34. The third-order valence-electron chi connectivity index (χ3n) is 3.73. The van der Waals surface area contributed by atoms with Gasteiger partial charge in [-0.2, -0.15) is 0 Å². The number of carboxylic acid groups (broad SMARTS) is 1. The number of ketones is 1. The summed E-state index contributed by atoms with van der Waals surface area (Å²) >= 11 is 0. The van der Waals surface area contributed by atoms with Crippen molar-refractivity contribution in [3.05, 3.63) is 35.8 Å². The van der Waals surface area contributed by atoms with Gasteiger partial charge >= 0.3 is 6.09 Å². The molecule has 0 saturated carbocycles. The van der Waals surface area contributed by atoms with Gasteiger partial charge in [0, 0.05) is 29.1 Å². The lowest BCUT2D eigenvalue weighted by molar-refractivity contribution is 0.0126. The number of hydrogen-bond donors (Lipinski definition) is 2. The van der Waals surface area contributed by atoms with Gasteiger partial charge in [-0.15, -0.1) is 0 Å². The van der Waals surface area contributed by atoms with E-state index < -0.39 is 42.6 Å². The number of fused-ring (bicyclic) bond motifs is 1. The lowest BCUT2D eigenvalue weighted by atomic mass is 10.0. The third kappa shape index (κ3) is 2.30. The molecule has 0 aliphatic carbocycles. The molecule has 1 aliphatic rings. The summed E-state index contributed by atoms with van der Waals surface area (Å²) in [5, 5.41) is 9.36. The summed E-state index contributed by atoms with van der Waals surface area (Å²) in [4.78, 5) is 26.7. The second-order valence-corrected chi connectivity index (χ2v) is 5.24. The number of carbonyl (C=O) groups is 2. The maximum atomic E-state index is 13.5. The first-order valence-electron chi connectivity index (χ1n) is 6.47. The summed E-state index contributed by atoms with van der Waals surface area (Å²) in [7, 11) is 0. The van der Waals surface area contributed by atoms with Crippen molar-refractivity contribution in [2.24, 2.45) is 0 Å². The zero-order valence-electron chi connectivity index (χ0n) is 11.1. The zero-order chi connectivity index (χ0) is 16.1. The molecule has 2 N–H and O–H groups in total. The van der Waals surface area contributed by atoms with E-state index in [-0.39, 0.29) is 5.56 Å². The van der Waals surface area contributed by atoms with Crippen molar-refractivity contribution in [3.63, 3.8) is 0 Å². The standard InChI is InChI=1S/C14H11F3N2O3/c15-7-1-2-8-9(5-18-10(8)3-7)12(20)11-4-14(16,17)6-19(11)13(21)22/h1-3,5,11,18H,4,6H2,(H,21,22). The lowest BCUT2D eigenvalue weighted by Crippen LogP contribution is -2.39. The Morgan fingerprint density at radius 1 is 1.36 bits per heavy atom. The number of halogens is 3. The molecular formula is C14H11F3N2O3. The molecule has 1 aliphatic heterocycles. The number of rotatable bonds is 2. The molecule has 3 rings (SSSR count). The summed E-state index contributed by atoms with van der Waals surface area (Å²) in [6.07, 6.45) is -1.14. The summed E-state index contributed by atoms with van der Waals surface area (Å²) < 4.78 is 40.0. The number of nitrogens with one attached hydrogen (secondary N) is 1. The van der Waals surface area contributed by atoms with Gasteiger partial charge in [-0.05, 0) is 18.2 Å². The molecule has 0 radical (unpaired) electrons. The fraction of sp³-hybridized carbons (Fsp3) is 0.286. The number of likely N-dealkylation sites (tertiary alicyclic amines) is 1. The van der Waals surface area contributed by atoms with Crippen LogP contribution in [0.5, 0.6) is 0 Å². The quantitative estimate of drug-likeness (QED) is 0.837. The number of amides is 1. The number of alkyl halides is 2. The largest absolute Gasteiger partial charge is 0.465 e. The molecule has 5 nitrogen and oxygen atoms in total. The maximum Gasteiger partial charge on any atom is 0.408 e. The number of benzene rings is 1. The summed E-state index contributed by atoms with van der Waals surface area (Å²) in [6, 6.07) is 2.22. The number of aromatic nitrogens is 1. The van der Waals surface area contributed by atoms with Gasteiger partial charge in [0.1, 0.15) is 11.9 Å². The predicted octanol–water partition coefficient (Wildman–Crippen LogP) is 2.88. The van der Waals surface area contributed by atoms with Crippen LogP contribution < -0.4 is 0 Å². The number of nitrogens with zero attached hydrogens (tertiary/aromatic N) is 1. The van der Waals surface area contributed by atoms with E-state index in [1.165, 1.54) is 18.3 Å². The van der Waals surface area contributed by atoms with E-state index in [0.717, 1.165) is 6.07 Å². The molecule has 0 bridgehead atoms. The van der Waals surface area contributed by atoms with Gasteiger partial charge in [0.15, 0.2) is 5.78 Å². The molecule has 8 heteroatoms. The first-order chi connectivity index (χ1) is 10.3. The number of H-pyrrole nitrogens is 1. The van der Waals surface area contributed by atoms with Gasteiger partial charge in [-0.3, -0.25) is 9.69 Å². The first-order valence-corrected chi connectivity index (χ1v) is 6.47. The van der Waals surface area contributed by atoms with E-state index in [1.807, 2.05) is 0 Å². The fourth-order valence-electron chi connectivity index (χ4n) is 2.73. The average Bonchev–Trinajstić information content (AvgIpc) is 2.98. The highest BCUT2D eigenvalue weighted by atomic mass is 19.3. The van der Waals surface area contributed by atoms with Gasteiger partial charge in [-0.25, -0.2) is 18.0 Å². The van der Waals surface area contributed by atoms with Crippen LogP contribution in [-0.4, -0.2) is 45.4 Å². The van der Waals surface area contributed by atoms with Crippen LogP contribution in [-0.2, 0) is 0 Å². The molecule has 1 aromatic carbocycles. The summed E-state index contributed by atoms with van der Waals surface area (Å²) in [6.45, 7) is -1.00. The van der Waals surface area contributed by atoms with Gasteiger partial charge in [0.05, 0.1) is 6.54 Å². The maximum absolute atomic E-state index is 13.5. The SMILES string of the molecule is O=C(c1c[nH]c2cc(F)ccc12)C1CC(F)(F)CN1C(=O)O. The van der Waals surface area contributed by atoms with Crippen molar-refractivity contribution in [3.8, 4) is 0 Å². The van der Waals surface area contributed by atoms with E-state index in [9.17, 15) is 22.8 Å². The Labute approximate surface area is 122 Å². The van der Waals surface area contributed by atoms with Crippen molar-refractivity contribution in [1.82, 2.24) is 9.88 Å². The molecule has 1 fully saturated rings. The molecule has 1 amide bonds.